The standard InChI is InChI=1S/C25H25N3O2S/c1-17-4-7-20(8-5-17)13-28-14-22(12-26-28)27-25(29)24-11-21(16-31-24)15-30-23-9-6-18(2)19(3)10-23/h4-12,14,16H,13,15H2,1-3H3,(H,27,29). The Labute approximate surface area is 186 Å². The minimum Gasteiger partial charge on any atom is -0.489 e. The van der Waals surface area contributed by atoms with E-state index in [1.165, 1.54) is 33.6 Å². The summed E-state index contributed by atoms with van der Waals surface area (Å²) in [5.74, 6) is 0.693. The van der Waals surface area contributed by atoms with E-state index in [2.05, 4.69) is 61.5 Å². The first-order valence-corrected chi connectivity index (χ1v) is 11.0. The van der Waals surface area contributed by atoms with E-state index in [1.54, 1.807) is 6.20 Å². The number of benzene rings is 2. The van der Waals surface area contributed by atoms with Crippen LogP contribution in [0.1, 0.15) is 37.5 Å². The van der Waals surface area contributed by atoms with Crippen LogP contribution < -0.4 is 10.1 Å². The molecular formula is C25H25N3O2S. The SMILES string of the molecule is Cc1ccc(Cn2cc(NC(=O)c3cc(COc4ccc(C)c(C)c4)cs3)cn2)cc1. The van der Waals surface area contributed by atoms with E-state index in [-0.39, 0.29) is 5.91 Å². The second-order valence-electron chi connectivity index (χ2n) is 7.72. The molecule has 1 amide bonds. The second kappa shape index (κ2) is 9.18. The molecule has 0 aliphatic rings. The van der Waals surface area contributed by atoms with Gasteiger partial charge in [0.1, 0.15) is 12.4 Å². The summed E-state index contributed by atoms with van der Waals surface area (Å²) in [5, 5.41) is 9.22. The van der Waals surface area contributed by atoms with Crippen molar-refractivity contribution in [3.63, 3.8) is 0 Å². The zero-order valence-electron chi connectivity index (χ0n) is 17.9. The van der Waals surface area contributed by atoms with Crippen molar-refractivity contribution in [2.75, 3.05) is 5.32 Å². The molecule has 5 nitrogen and oxygen atoms in total. The van der Waals surface area contributed by atoms with Crippen molar-refractivity contribution in [2.24, 2.45) is 0 Å². The average molecular weight is 432 g/mol. The third-order valence-corrected chi connectivity index (χ3v) is 6.10. The fourth-order valence-electron chi connectivity index (χ4n) is 3.13. The van der Waals surface area contributed by atoms with Gasteiger partial charge in [-0.15, -0.1) is 11.3 Å². The van der Waals surface area contributed by atoms with Crippen molar-refractivity contribution in [1.29, 1.82) is 0 Å². The van der Waals surface area contributed by atoms with Crippen LogP contribution in [0.2, 0.25) is 0 Å². The number of amides is 1. The number of hydrogen-bond donors (Lipinski definition) is 1. The summed E-state index contributed by atoms with van der Waals surface area (Å²) >= 11 is 1.41. The number of anilines is 1. The average Bonchev–Trinajstić information content (AvgIpc) is 3.40. The first-order chi connectivity index (χ1) is 15.0. The van der Waals surface area contributed by atoms with Gasteiger partial charge in [0.2, 0.25) is 0 Å². The quantitative estimate of drug-likeness (QED) is 0.405. The third-order valence-electron chi connectivity index (χ3n) is 5.12. The lowest BCUT2D eigenvalue weighted by Gasteiger charge is -2.07. The lowest BCUT2D eigenvalue weighted by molar-refractivity contribution is 0.103. The smallest absolute Gasteiger partial charge is 0.265 e. The molecule has 4 rings (SSSR count). The van der Waals surface area contributed by atoms with Crippen molar-refractivity contribution in [1.82, 2.24) is 9.78 Å². The van der Waals surface area contributed by atoms with Crippen LogP contribution in [0.15, 0.2) is 66.3 Å². The summed E-state index contributed by atoms with van der Waals surface area (Å²) in [6.45, 7) is 7.31. The summed E-state index contributed by atoms with van der Waals surface area (Å²) in [5.41, 5.74) is 6.49. The number of ether oxygens (including phenoxy) is 1. The molecule has 4 aromatic rings. The topological polar surface area (TPSA) is 56.2 Å². The number of aryl methyl sites for hydroxylation is 3. The fourth-order valence-corrected chi connectivity index (χ4v) is 3.92. The minimum atomic E-state index is -0.141. The molecule has 0 saturated carbocycles. The molecule has 0 spiro atoms. The molecule has 2 aromatic carbocycles. The number of hydrogen-bond acceptors (Lipinski definition) is 4. The van der Waals surface area contributed by atoms with E-state index < -0.39 is 0 Å². The van der Waals surface area contributed by atoms with E-state index in [0.717, 1.165) is 11.3 Å². The van der Waals surface area contributed by atoms with Crippen LogP contribution in [0.25, 0.3) is 0 Å². The summed E-state index contributed by atoms with van der Waals surface area (Å²) < 4.78 is 7.69. The van der Waals surface area contributed by atoms with Crippen molar-refractivity contribution in [3.05, 3.63) is 99.0 Å². The monoisotopic (exact) mass is 431 g/mol. The summed E-state index contributed by atoms with van der Waals surface area (Å²) in [6.07, 6.45) is 3.51. The largest absolute Gasteiger partial charge is 0.489 e. The van der Waals surface area contributed by atoms with E-state index in [0.29, 0.717) is 23.7 Å². The van der Waals surface area contributed by atoms with E-state index in [1.807, 2.05) is 34.5 Å². The molecule has 31 heavy (non-hydrogen) atoms. The van der Waals surface area contributed by atoms with E-state index >= 15 is 0 Å². The minimum absolute atomic E-state index is 0.141. The van der Waals surface area contributed by atoms with Crippen LogP contribution >= 0.6 is 11.3 Å². The predicted octanol–water partition coefficient (Wildman–Crippen LogP) is 5.75. The van der Waals surface area contributed by atoms with Gasteiger partial charge in [-0.3, -0.25) is 9.48 Å². The summed E-state index contributed by atoms with van der Waals surface area (Å²) in [6, 6.07) is 16.3. The lowest BCUT2D eigenvalue weighted by Crippen LogP contribution is -2.09. The summed E-state index contributed by atoms with van der Waals surface area (Å²) in [4.78, 5) is 13.3. The molecule has 2 aromatic heterocycles. The number of thiophene rings is 1. The Kier molecular flexibility index (Phi) is 6.18. The van der Waals surface area contributed by atoms with Gasteiger partial charge in [0, 0.05) is 11.8 Å². The highest BCUT2D eigenvalue weighted by atomic mass is 32.1. The van der Waals surface area contributed by atoms with Gasteiger partial charge < -0.3 is 10.1 Å². The van der Waals surface area contributed by atoms with Gasteiger partial charge in [-0.1, -0.05) is 35.9 Å². The molecule has 0 aliphatic carbocycles. The highest BCUT2D eigenvalue weighted by Gasteiger charge is 2.11. The number of carbonyl (C=O) groups excluding carboxylic acids is 1. The van der Waals surface area contributed by atoms with Gasteiger partial charge in [-0.2, -0.15) is 5.10 Å². The van der Waals surface area contributed by atoms with Gasteiger partial charge in [0.25, 0.3) is 5.91 Å². The van der Waals surface area contributed by atoms with Gasteiger partial charge >= 0.3 is 0 Å². The first-order valence-electron chi connectivity index (χ1n) is 10.1. The lowest BCUT2D eigenvalue weighted by atomic mass is 10.1. The van der Waals surface area contributed by atoms with E-state index in [9.17, 15) is 4.79 Å². The Morgan fingerprint density at radius 1 is 1.03 bits per heavy atom. The molecule has 0 aliphatic heterocycles. The van der Waals surface area contributed by atoms with Gasteiger partial charge in [0.05, 0.1) is 23.3 Å². The Balaban J connectivity index is 1.33. The molecular weight excluding hydrogens is 406 g/mol. The molecule has 158 valence electrons. The third kappa shape index (κ3) is 5.41. The predicted molar refractivity (Wildman–Crippen MR) is 125 cm³/mol. The molecule has 0 atom stereocenters. The molecule has 0 radical (unpaired) electrons. The van der Waals surface area contributed by atoms with Gasteiger partial charge in [-0.25, -0.2) is 0 Å². The number of aromatic nitrogens is 2. The molecule has 6 heteroatoms. The van der Waals surface area contributed by atoms with Crippen LogP contribution in [0, 0.1) is 20.8 Å². The number of carbonyl (C=O) groups is 1. The maximum absolute atomic E-state index is 12.6. The zero-order valence-corrected chi connectivity index (χ0v) is 18.7. The van der Waals surface area contributed by atoms with Crippen molar-refractivity contribution in [2.45, 2.75) is 33.9 Å². The highest BCUT2D eigenvalue weighted by Crippen LogP contribution is 2.21. The first kappa shape index (κ1) is 20.9. The van der Waals surface area contributed by atoms with E-state index in [4.69, 9.17) is 4.74 Å². The molecule has 2 heterocycles. The molecule has 0 bridgehead atoms. The van der Waals surface area contributed by atoms with Gasteiger partial charge in [-0.05, 0) is 61.0 Å². The Bertz CT molecular complexity index is 1190. The highest BCUT2D eigenvalue weighted by molar-refractivity contribution is 7.12. The number of rotatable bonds is 7. The normalized spacial score (nSPS) is 10.8. The van der Waals surface area contributed by atoms with Crippen LogP contribution in [0.4, 0.5) is 5.69 Å². The Morgan fingerprint density at radius 2 is 1.84 bits per heavy atom. The Hall–Kier alpha value is -3.38. The molecule has 1 N–H and O–H groups in total. The molecule has 0 unspecified atom stereocenters. The van der Waals surface area contributed by atoms with Crippen LogP contribution in [0.3, 0.4) is 0 Å². The molecule has 0 saturated heterocycles. The summed E-state index contributed by atoms with van der Waals surface area (Å²) in [7, 11) is 0. The maximum Gasteiger partial charge on any atom is 0.265 e. The maximum atomic E-state index is 12.6. The van der Waals surface area contributed by atoms with Crippen molar-refractivity contribution >= 4 is 22.9 Å². The zero-order chi connectivity index (χ0) is 21.8. The van der Waals surface area contributed by atoms with Crippen LogP contribution in [0.5, 0.6) is 5.75 Å². The van der Waals surface area contributed by atoms with Gasteiger partial charge in [0.15, 0.2) is 0 Å². The number of nitrogens with zero attached hydrogens (tertiary/aromatic N) is 2. The van der Waals surface area contributed by atoms with Crippen molar-refractivity contribution in [3.8, 4) is 5.75 Å². The van der Waals surface area contributed by atoms with Crippen molar-refractivity contribution < 1.29 is 9.53 Å². The molecule has 0 fully saturated rings. The second-order valence-corrected chi connectivity index (χ2v) is 8.63. The number of nitrogens with one attached hydrogen (secondary N) is 1. The fraction of sp³-hybridized carbons (Fsp3) is 0.200. The van der Waals surface area contributed by atoms with Crippen LogP contribution in [-0.2, 0) is 13.2 Å². The Morgan fingerprint density at radius 3 is 2.61 bits per heavy atom. The van der Waals surface area contributed by atoms with Crippen LogP contribution in [-0.4, -0.2) is 15.7 Å².